The van der Waals surface area contributed by atoms with Crippen molar-refractivity contribution in [1.29, 1.82) is 0 Å². The lowest BCUT2D eigenvalue weighted by atomic mass is 10.1. The highest BCUT2D eigenvalue weighted by Crippen LogP contribution is 2.25. The molecule has 0 radical (unpaired) electrons. The highest BCUT2D eigenvalue weighted by molar-refractivity contribution is 6.33. The molecule has 5 heteroatoms. The quantitative estimate of drug-likeness (QED) is 0.885. The number of hydrogen-bond donors (Lipinski definition) is 2. The fourth-order valence-corrected chi connectivity index (χ4v) is 2.53. The first-order valence-electron chi connectivity index (χ1n) is 6.27. The van der Waals surface area contributed by atoms with Gasteiger partial charge in [0, 0.05) is 13.1 Å². The van der Waals surface area contributed by atoms with Crippen LogP contribution in [0.25, 0.3) is 0 Å². The Morgan fingerprint density at radius 2 is 2.22 bits per heavy atom. The molecule has 0 spiro atoms. The van der Waals surface area contributed by atoms with Gasteiger partial charge in [-0.3, -0.25) is 4.79 Å². The number of carbonyl (C=O) groups is 1. The van der Waals surface area contributed by atoms with Crippen LogP contribution in [-0.4, -0.2) is 24.0 Å². The van der Waals surface area contributed by atoms with Crippen LogP contribution in [0.1, 0.15) is 36.7 Å². The molecule has 98 valence electrons. The van der Waals surface area contributed by atoms with E-state index in [1.165, 1.54) is 12.8 Å². The molecule has 2 atom stereocenters. The zero-order chi connectivity index (χ0) is 13.1. The number of pyridine rings is 1. The van der Waals surface area contributed by atoms with Crippen LogP contribution in [0, 0.1) is 5.92 Å². The zero-order valence-electron chi connectivity index (χ0n) is 10.7. The molecule has 4 nitrogen and oxygen atoms in total. The van der Waals surface area contributed by atoms with Gasteiger partial charge in [0.05, 0.1) is 5.02 Å². The van der Waals surface area contributed by atoms with Crippen molar-refractivity contribution in [3.8, 4) is 0 Å². The van der Waals surface area contributed by atoms with Crippen LogP contribution in [-0.2, 0) is 0 Å². The molecule has 0 saturated heterocycles. The van der Waals surface area contributed by atoms with Crippen LogP contribution < -0.4 is 10.6 Å². The summed E-state index contributed by atoms with van der Waals surface area (Å²) in [6, 6.07) is 3.68. The number of nitrogens with one attached hydrogen (secondary N) is 2. The predicted octanol–water partition coefficient (Wildman–Crippen LogP) is 2.70. The van der Waals surface area contributed by atoms with Gasteiger partial charge in [0.15, 0.2) is 0 Å². The summed E-state index contributed by atoms with van der Waals surface area (Å²) >= 11 is 6.02. The number of nitrogens with zero attached hydrogens (tertiary/aromatic N) is 1. The van der Waals surface area contributed by atoms with Crippen molar-refractivity contribution in [2.24, 2.45) is 5.92 Å². The van der Waals surface area contributed by atoms with E-state index in [2.05, 4.69) is 22.5 Å². The average Bonchev–Trinajstić information content (AvgIpc) is 2.75. The maximum Gasteiger partial charge on any atom is 0.271 e. The molecule has 18 heavy (non-hydrogen) atoms. The van der Waals surface area contributed by atoms with Gasteiger partial charge < -0.3 is 10.6 Å². The van der Waals surface area contributed by atoms with Crippen molar-refractivity contribution in [3.63, 3.8) is 0 Å². The van der Waals surface area contributed by atoms with E-state index < -0.39 is 0 Å². The molecule has 0 aliphatic heterocycles. The van der Waals surface area contributed by atoms with Crippen LogP contribution in [0.2, 0.25) is 5.02 Å². The monoisotopic (exact) mass is 267 g/mol. The standard InChI is InChI=1S/C13H18ClN3O/c1-8-4-3-5-10(8)16-13(18)12-9(14)6-7-11(15-2)17-12/h6-8,10H,3-5H2,1-2H3,(H,15,17)(H,16,18). The summed E-state index contributed by atoms with van der Waals surface area (Å²) in [5.41, 5.74) is 0.294. The van der Waals surface area contributed by atoms with Gasteiger partial charge in [-0.05, 0) is 30.9 Å². The Bertz CT molecular complexity index is 450. The molecular weight excluding hydrogens is 250 g/mol. The summed E-state index contributed by atoms with van der Waals surface area (Å²) in [4.78, 5) is 16.4. The second-order valence-corrected chi connectivity index (χ2v) is 5.17. The first-order chi connectivity index (χ1) is 8.61. The second-order valence-electron chi connectivity index (χ2n) is 4.77. The summed E-state index contributed by atoms with van der Waals surface area (Å²) in [5, 5.41) is 6.31. The molecule has 2 unspecified atom stereocenters. The van der Waals surface area contributed by atoms with Gasteiger partial charge >= 0.3 is 0 Å². The number of halogens is 1. The Balaban J connectivity index is 2.12. The SMILES string of the molecule is CNc1ccc(Cl)c(C(=O)NC2CCCC2C)n1. The minimum atomic E-state index is -0.184. The lowest BCUT2D eigenvalue weighted by Crippen LogP contribution is -2.37. The van der Waals surface area contributed by atoms with E-state index in [4.69, 9.17) is 11.6 Å². The smallest absolute Gasteiger partial charge is 0.271 e. The molecule has 1 saturated carbocycles. The summed E-state index contributed by atoms with van der Waals surface area (Å²) in [6.45, 7) is 2.16. The minimum Gasteiger partial charge on any atom is -0.373 e. The van der Waals surface area contributed by atoms with Crippen molar-refractivity contribution in [1.82, 2.24) is 10.3 Å². The molecule has 1 aliphatic carbocycles. The van der Waals surface area contributed by atoms with E-state index in [-0.39, 0.29) is 11.9 Å². The van der Waals surface area contributed by atoms with E-state index in [1.54, 1.807) is 19.2 Å². The number of rotatable bonds is 3. The minimum absolute atomic E-state index is 0.184. The van der Waals surface area contributed by atoms with Crippen molar-refractivity contribution in [2.75, 3.05) is 12.4 Å². The number of carbonyl (C=O) groups excluding carboxylic acids is 1. The summed E-state index contributed by atoms with van der Waals surface area (Å²) in [7, 11) is 1.76. The molecule has 0 aromatic carbocycles. The molecule has 1 aromatic heterocycles. The highest BCUT2D eigenvalue weighted by atomic mass is 35.5. The van der Waals surface area contributed by atoms with E-state index in [0.29, 0.717) is 22.5 Å². The maximum atomic E-state index is 12.1. The van der Waals surface area contributed by atoms with E-state index in [1.807, 2.05) is 0 Å². The Morgan fingerprint density at radius 1 is 1.44 bits per heavy atom. The third kappa shape index (κ3) is 2.75. The average molecular weight is 268 g/mol. The first-order valence-corrected chi connectivity index (χ1v) is 6.64. The molecule has 2 N–H and O–H groups in total. The molecule has 1 heterocycles. The van der Waals surface area contributed by atoms with Crippen LogP contribution >= 0.6 is 11.6 Å². The lowest BCUT2D eigenvalue weighted by Gasteiger charge is -2.17. The largest absolute Gasteiger partial charge is 0.373 e. The summed E-state index contributed by atoms with van der Waals surface area (Å²) in [6.07, 6.45) is 3.38. The van der Waals surface area contributed by atoms with Crippen molar-refractivity contribution < 1.29 is 4.79 Å². The molecular formula is C13H18ClN3O. The van der Waals surface area contributed by atoms with Gasteiger partial charge in [-0.25, -0.2) is 4.98 Å². The van der Waals surface area contributed by atoms with Gasteiger partial charge in [-0.1, -0.05) is 24.9 Å². The zero-order valence-corrected chi connectivity index (χ0v) is 11.4. The number of anilines is 1. The third-order valence-electron chi connectivity index (χ3n) is 3.50. The molecule has 1 amide bonds. The van der Waals surface area contributed by atoms with Crippen LogP contribution in [0.5, 0.6) is 0 Å². The second kappa shape index (κ2) is 5.57. The predicted molar refractivity (Wildman–Crippen MR) is 73.1 cm³/mol. The molecule has 1 fully saturated rings. The number of hydrogen-bond acceptors (Lipinski definition) is 3. The van der Waals surface area contributed by atoms with Crippen molar-refractivity contribution in [2.45, 2.75) is 32.2 Å². The normalized spacial score (nSPS) is 22.8. The summed E-state index contributed by atoms with van der Waals surface area (Å²) < 4.78 is 0. The maximum absolute atomic E-state index is 12.1. The third-order valence-corrected chi connectivity index (χ3v) is 3.80. The van der Waals surface area contributed by atoms with Gasteiger partial charge in [-0.2, -0.15) is 0 Å². The first kappa shape index (κ1) is 13.1. The fourth-order valence-electron chi connectivity index (χ4n) is 2.34. The molecule has 2 rings (SSSR count). The van der Waals surface area contributed by atoms with Gasteiger partial charge in [0.25, 0.3) is 5.91 Å². The molecule has 1 aromatic rings. The van der Waals surface area contributed by atoms with Gasteiger partial charge in [-0.15, -0.1) is 0 Å². The van der Waals surface area contributed by atoms with Crippen LogP contribution in [0.4, 0.5) is 5.82 Å². The van der Waals surface area contributed by atoms with Crippen molar-refractivity contribution >= 4 is 23.3 Å². The molecule has 0 bridgehead atoms. The van der Waals surface area contributed by atoms with Gasteiger partial charge in [0.2, 0.25) is 0 Å². The highest BCUT2D eigenvalue weighted by Gasteiger charge is 2.26. The number of amides is 1. The van der Waals surface area contributed by atoms with E-state index in [0.717, 1.165) is 6.42 Å². The Kier molecular flexibility index (Phi) is 4.07. The van der Waals surface area contributed by atoms with E-state index >= 15 is 0 Å². The molecule has 1 aliphatic rings. The van der Waals surface area contributed by atoms with Crippen molar-refractivity contribution in [3.05, 3.63) is 22.8 Å². The lowest BCUT2D eigenvalue weighted by molar-refractivity contribution is 0.0925. The van der Waals surface area contributed by atoms with Crippen LogP contribution in [0.15, 0.2) is 12.1 Å². The van der Waals surface area contributed by atoms with Crippen LogP contribution in [0.3, 0.4) is 0 Å². The Hall–Kier alpha value is -1.29. The topological polar surface area (TPSA) is 54.0 Å². The Labute approximate surface area is 112 Å². The number of aromatic nitrogens is 1. The summed E-state index contributed by atoms with van der Waals surface area (Å²) in [5.74, 6) is 0.986. The Morgan fingerprint density at radius 3 is 2.83 bits per heavy atom. The van der Waals surface area contributed by atoms with E-state index in [9.17, 15) is 4.79 Å². The fraction of sp³-hybridized carbons (Fsp3) is 0.538. The van der Waals surface area contributed by atoms with Gasteiger partial charge in [0.1, 0.15) is 11.5 Å².